The van der Waals surface area contributed by atoms with Gasteiger partial charge in [-0.15, -0.1) is 0 Å². The lowest BCUT2D eigenvalue weighted by atomic mass is 10.0. The molecule has 5 heteroatoms. The molecular formula is C21H30N2O2S. The Morgan fingerprint density at radius 3 is 2.54 bits per heavy atom. The quantitative estimate of drug-likeness (QED) is 0.610. The normalized spacial score (nSPS) is 11.0. The maximum Gasteiger partial charge on any atom is 0.280 e. The molecule has 142 valence electrons. The van der Waals surface area contributed by atoms with Crippen molar-refractivity contribution in [2.45, 2.75) is 65.5 Å². The summed E-state index contributed by atoms with van der Waals surface area (Å²) in [5, 5.41) is 3.59. The van der Waals surface area contributed by atoms with Crippen LogP contribution in [0.1, 0.15) is 56.7 Å². The lowest BCUT2D eigenvalue weighted by Gasteiger charge is -2.19. The number of fused-ring (bicyclic) bond motifs is 1. The third-order valence-electron chi connectivity index (χ3n) is 4.87. The number of carbonyl (C=O) groups excluding carboxylic acids is 1. The van der Waals surface area contributed by atoms with Crippen molar-refractivity contribution in [3.05, 3.63) is 45.7 Å². The third-order valence-corrected chi connectivity index (χ3v) is 5.39. The Morgan fingerprint density at radius 2 is 1.81 bits per heavy atom. The highest BCUT2D eigenvalue weighted by Crippen LogP contribution is 2.18. The van der Waals surface area contributed by atoms with Gasteiger partial charge in [0, 0.05) is 16.6 Å². The number of rotatable bonds is 9. The van der Waals surface area contributed by atoms with Gasteiger partial charge in [-0.25, -0.2) is 0 Å². The van der Waals surface area contributed by atoms with E-state index in [2.05, 4.69) is 16.8 Å². The molecule has 0 aliphatic rings. The molecule has 2 rings (SSSR count). The fraction of sp³-hybridized carbons (Fsp3) is 0.524. The van der Waals surface area contributed by atoms with Crippen molar-refractivity contribution in [2.24, 2.45) is 0 Å². The number of thioether (sulfide) groups is 1. The second-order valence-corrected chi connectivity index (χ2v) is 7.47. The van der Waals surface area contributed by atoms with E-state index in [1.807, 2.05) is 31.2 Å². The van der Waals surface area contributed by atoms with Crippen LogP contribution < -0.4 is 10.7 Å². The van der Waals surface area contributed by atoms with Crippen LogP contribution in [0.3, 0.4) is 0 Å². The summed E-state index contributed by atoms with van der Waals surface area (Å²) < 4.78 is 2.10. The van der Waals surface area contributed by atoms with Gasteiger partial charge in [-0.05, 0) is 38.2 Å². The van der Waals surface area contributed by atoms with Crippen molar-refractivity contribution in [2.75, 3.05) is 6.26 Å². The minimum Gasteiger partial charge on any atom is -0.329 e. The summed E-state index contributed by atoms with van der Waals surface area (Å²) >= 11 is 1.17. The Labute approximate surface area is 160 Å². The van der Waals surface area contributed by atoms with E-state index in [0.29, 0.717) is 6.67 Å². The molecule has 2 aromatic rings. The number of hydrogen-bond donors (Lipinski definition) is 1. The highest BCUT2D eigenvalue weighted by Gasteiger charge is 2.14. The van der Waals surface area contributed by atoms with E-state index in [1.165, 1.54) is 43.9 Å². The van der Waals surface area contributed by atoms with Crippen molar-refractivity contribution in [1.82, 2.24) is 9.88 Å². The first-order valence-electron chi connectivity index (χ1n) is 9.53. The summed E-state index contributed by atoms with van der Waals surface area (Å²) in [6.45, 7) is 4.53. The van der Waals surface area contributed by atoms with Crippen LogP contribution >= 0.6 is 11.8 Å². The Bertz CT molecular complexity index is 798. The summed E-state index contributed by atoms with van der Waals surface area (Å²) in [5.74, 6) is 0. The highest BCUT2D eigenvalue weighted by molar-refractivity contribution is 8.12. The van der Waals surface area contributed by atoms with Crippen LogP contribution in [0.15, 0.2) is 29.1 Å². The van der Waals surface area contributed by atoms with E-state index in [0.717, 1.165) is 35.0 Å². The van der Waals surface area contributed by atoms with Crippen molar-refractivity contribution in [3.8, 4) is 0 Å². The summed E-state index contributed by atoms with van der Waals surface area (Å²) in [7, 11) is 0. The molecule has 1 aromatic heterocycles. The minimum atomic E-state index is -0.0593. The highest BCUT2D eigenvalue weighted by atomic mass is 32.2. The van der Waals surface area contributed by atoms with Crippen LogP contribution in [-0.4, -0.2) is 16.1 Å². The number of nitrogens with one attached hydrogen (secondary N) is 1. The van der Waals surface area contributed by atoms with Gasteiger partial charge in [0.15, 0.2) is 5.43 Å². The molecule has 0 aliphatic carbocycles. The number of para-hydroxylation sites is 1. The zero-order valence-corrected chi connectivity index (χ0v) is 17.0. The van der Waals surface area contributed by atoms with Crippen LogP contribution in [-0.2, 0) is 13.1 Å². The van der Waals surface area contributed by atoms with Crippen LogP contribution in [0.5, 0.6) is 0 Å². The fourth-order valence-electron chi connectivity index (χ4n) is 3.37. The predicted molar refractivity (Wildman–Crippen MR) is 112 cm³/mol. The first-order valence-corrected chi connectivity index (χ1v) is 10.8. The molecule has 1 N–H and O–H groups in total. The van der Waals surface area contributed by atoms with Gasteiger partial charge < -0.3 is 9.88 Å². The van der Waals surface area contributed by atoms with Gasteiger partial charge >= 0.3 is 0 Å². The number of amides is 1. The monoisotopic (exact) mass is 374 g/mol. The fourth-order valence-corrected chi connectivity index (χ4v) is 3.58. The summed E-state index contributed by atoms with van der Waals surface area (Å²) in [6.07, 6.45) is 9.95. The minimum absolute atomic E-state index is 0.0593. The zero-order chi connectivity index (χ0) is 18.9. The average molecular weight is 375 g/mol. The lowest BCUT2D eigenvalue weighted by Crippen LogP contribution is -2.27. The number of carbonyl (C=O) groups is 1. The summed E-state index contributed by atoms with van der Waals surface area (Å²) in [5.41, 5.74) is 2.85. The summed E-state index contributed by atoms with van der Waals surface area (Å²) in [6, 6.07) is 7.66. The van der Waals surface area contributed by atoms with Crippen molar-refractivity contribution < 1.29 is 4.79 Å². The van der Waals surface area contributed by atoms with E-state index in [9.17, 15) is 9.59 Å². The van der Waals surface area contributed by atoms with Gasteiger partial charge in [-0.1, -0.05) is 62.9 Å². The second-order valence-electron chi connectivity index (χ2n) is 6.69. The van der Waals surface area contributed by atoms with Crippen molar-refractivity contribution in [1.29, 1.82) is 0 Å². The molecule has 26 heavy (non-hydrogen) atoms. The van der Waals surface area contributed by atoms with Gasteiger partial charge in [0.05, 0.1) is 12.2 Å². The number of pyridine rings is 1. The summed E-state index contributed by atoms with van der Waals surface area (Å²) in [4.78, 5) is 24.5. The van der Waals surface area contributed by atoms with E-state index < -0.39 is 0 Å². The molecule has 0 bridgehead atoms. The third kappa shape index (κ3) is 5.13. The van der Waals surface area contributed by atoms with E-state index in [4.69, 9.17) is 0 Å². The number of nitrogens with zero attached hydrogens (tertiary/aromatic N) is 1. The molecule has 0 unspecified atom stereocenters. The molecule has 4 nitrogen and oxygen atoms in total. The van der Waals surface area contributed by atoms with Crippen LogP contribution in [0.25, 0.3) is 10.9 Å². The molecule has 0 fully saturated rings. The number of hydrogen-bond acceptors (Lipinski definition) is 3. The molecule has 0 saturated heterocycles. The zero-order valence-electron chi connectivity index (χ0n) is 16.1. The smallest absolute Gasteiger partial charge is 0.280 e. The molecule has 0 radical (unpaired) electrons. The molecule has 0 atom stereocenters. The first-order chi connectivity index (χ1) is 12.6. The van der Waals surface area contributed by atoms with Gasteiger partial charge in [-0.2, -0.15) is 0 Å². The Hall–Kier alpha value is -1.75. The molecule has 1 aromatic carbocycles. The number of unbranched alkanes of at least 4 members (excludes halogenated alkanes) is 5. The lowest BCUT2D eigenvalue weighted by molar-refractivity contribution is 0.258. The van der Waals surface area contributed by atoms with Crippen LogP contribution in [0.4, 0.5) is 4.79 Å². The van der Waals surface area contributed by atoms with Gasteiger partial charge in [0.25, 0.3) is 5.24 Å². The number of benzene rings is 1. The topological polar surface area (TPSA) is 51.1 Å². The SMILES string of the molecule is CCCCCCCCc1c(C)c(=O)c2ccccc2n1CNC(=O)SC. The Morgan fingerprint density at radius 1 is 1.12 bits per heavy atom. The molecular weight excluding hydrogens is 344 g/mol. The van der Waals surface area contributed by atoms with E-state index in [1.54, 1.807) is 6.26 Å². The largest absolute Gasteiger partial charge is 0.329 e. The van der Waals surface area contributed by atoms with Gasteiger partial charge in [0.2, 0.25) is 0 Å². The standard InChI is InChI=1S/C21H30N2O2S/c1-4-5-6-7-8-9-13-18-16(2)20(24)17-12-10-11-14-19(17)23(18)15-22-21(25)26-3/h10-12,14H,4-9,13,15H2,1-3H3,(H,22,25). The number of aromatic nitrogens is 1. The van der Waals surface area contributed by atoms with E-state index >= 15 is 0 Å². The van der Waals surface area contributed by atoms with Gasteiger partial charge in [0.1, 0.15) is 0 Å². The molecule has 0 spiro atoms. The molecule has 0 aliphatic heterocycles. The maximum absolute atomic E-state index is 12.8. The van der Waals surface area contributed by atoms with Crippen LogP contribution in [0, 0.1) is 6.92 Å². The average Bonchev–Trinajstić information content (AvgIpc) is 2.67. The van der Waals surface area contributed by atoms with Crippen molar-refractivity contribution >= 4 is 27.9 Å². The molecule has 1 amide bonds. The molecule has 0 saturated carbocycles. The maximum atomic E-state index is 12.8. The molecule has 1 heterocycles. The first kappa shape index (κ1) is 20.6. The Balaban J connectivity index is 2.28. The second kappa shape index (κ2) is 10.4. The van der Waals surface area contributed by atoms with Crippen LogP contribution in [0.2, 0.25) is 0 Å². The van der Waals surface area contributed by atoms with E-state index in [-0.39, 0.29) is 10.7 Å². The Kier molecular flexibility index (Phi) is 8.23. The predicted octanol–water partition coefficient (Wildman–Crippen LogP) is 5.24. The van der Waals surface area contributed by atoms with Crippen molar-refractivity contribution in [3.63, 3.8) is 0 Å². The van der Waals surface area contributed by atoms with Gasteiger partial charge in [-0.3, -0.25) is 9.59 Å².